The average molecular weight is 529 g/mol. The topological polar surface area (TPSA) is 18.5 Å². The number of ether oxygens (including phenoxy) is 2. The monoisotopic (exact) mass is 528 g/mol. The Morgan fingerprint density at radius 3 is 1.95 bits per heavy atom. The van der Waals surface area contributed by atoms with Gasteiger partial charge in [-0.05, 0) is 149 Å². The van der Waals surface area contributed by atoms with Crippen LogP contribution in [0, 0.1) is 47.1 Å². The van der Waals surface area contributed by atoms with Gasteiger partial charge in [-0.25, -0.2) is 4.39 Å². The van der Waals surface area contributed by atoms with E-state index < -0.39 is 11.6 Å². The molecule has 3 saturated carbocycles. The number of hydrogen-bond donors (Lipinski definition) is 0. The molecule has 5 rings (SSSR count). The van der Waals surface area contributed by atoms with E-state index in [9.17, 15) is 8.78 Å². The van der Waals surface area contributed by atoms with Crippen LogP contribution in [0.4, 0.5) is 8.78 Å². The molecule has 38 heavy (non-hydrogen) atoms. The molecule has 1 saturated heterocycles. The zero-order chi connectivity index (χ0) is 26.5. The largest absolute Gasteiger partial charge is 0.490 e. The molecule has 4 aliphatic rings. The Kier molecular flexibility index (Phi) is 9.84. The first-order chi connectivity index (χ1) is 18.6. The first-order valence-electron chi connectivity index (χ1n) is 15.9. The molecule has 3 aliphatic carbocycles. The molecule has 0 N–H and O–H groups in total. The molecule has 4 heteroatoms. The fraction of sp³-hybridized carbons (Fsp3) is 0.765. The number of halogens is 2. The normalized spacial score (nSPS) is 36.5. The Hall–Kier alpha value is -1.42. The van der Waals surface area contributed by atoms with Crippen molar-refractivity contribution in [3.05, 3.63) is 42.0 Å². The third kappa shape index (κ3) is 6.48. The molecule has 0 bridgehead atoms. The van der Waals surface area contributed by atoms with E-state index in [1.165, 1.54) is 64.2 Å². The summed E-state index contributed by atoms with van der Waals surface area (Å²) in [7, 11) is 0. The van der Waals surface area contributed by atoms with Crippen molar-refractivity contribution in [1.82, 2.24) is 0 Å². The van der Waals surface area contributed by atoms with E-state index in [0.29, 0.717) is 30.1 Å². The predicted octanol–water partition coefficient (Wildman–Crippen LogP) is 9.62. The quantitative estimate of drug-likeness (QED) is 0.313. The van der Waals surface area contributed by atoms with Gasteiger partial charge in [-0.15, -0.1) is 6.58 Å². The zero-order valence-electron chi connectivity index (χ0n) is 23.7. The smallest absolute Gasteiger partial charge is 0.200 e. The summed E-state index contributed by atoms with van der Waals surface area (Å²) in [4.78, 5) is 0. The van der Waals surface area contributed by atoms with Gasteiger partial charge in [0.2, 0.25) is 5.82 Å². The summed E-state index contributed by atoms with van der Waals surface area (Å²) in [5.74, 6) is 3.35. The fourth-order valence-corrected chi connectivity index (χ4v) is 8.46. The van der Waals surface area contributed by atoms with Crippen LogP contribution in [0.2, 0.25) is 0 Å². The van der Waals surface area contributed by atoms with E-state index in [1.807, 2.05) is 6.92 Å². The summed E-state index contributed by atoms with van der Waals surface area (Å²) in [5, 5.41) is 0. The Balaban J connectivity index is 1.04. The lowest BCUT2D eigenvalue weighted by atomic mass is 9.67. The van der Waals surface area contributed by atoms with Crippen molar-refractivity contribution in [2.24, 2.45) is 35.5 Å². The molecule has 0 amide bonds. The van der Waals surface area contributed by atoms with Gasteiger partial charge in [0.15, 0.2) is 11.6 Å². The van der Waals surface area contributed by atoms with Crippen molar-refractivity contribution in [2.45, 2.75) is 115 Å². The van der Waals surface area contributed by atoms with Gasteiger partial charge in [0.25, 0.3) is 0 Å². The van der Waals surface area contributed by atoms with E-state index in [-0.39, 0.29) is 11.7 Å². The second-order valence-electron chi connectivity index (χ2n) is 13.0. The molecule has 1 aliphatic heterocycles. The zero-order valence-corrected chi connectivity index (χ0v) is 23.7. The first-order valence-corrected chi connectivity index (χ1v) is 15.9. The predicted molar refractivity (Wildman–Crippen MR) is 150 cm³/mol. The molecule has 212 valence electrons. The number of benzene rings is 1. The lowest BCUT2D eigenvalue weighted by Crippen LogP contribution is -2.37. The van der Waals surface area contributed by atoms with Gasteiger partial charge < -0.3 is 9.47 Å². The molecule has 0 spiro atoms. The maximum atomic E-state index is 14.8. The van der Waals surface area contributed by atoms with Gasteiger partial charge in [0.1, 0.15) is 0 Å². The van der Waals surface area contributed by atoms with Crippen molar-refractivity contribution in [1.29, 1.82) is 0 Å². The Morgan fingerprint density at radius 1 is 0.763 bits per heavy atom. The van der Waals surface area contributed by atoms with Crippen LogP contribution >= 0.6 is 0 Å². The Morgan fingerprint density at radius 2 is 1.34 bits per heavy atom. The third-order valence-electron chi connectivity index (χ3n) is 10.9. The highest BCUT2D eigenvalue weighted by atomic mass is 19.2. The van der Waals surface area contributed by atoms with E-state index >= 15 is 0 Å². The van der Waals surface area contributed by atoms with Crippen molar-refractivity contribution < 1.29 is 18.3 Å². The third-order valence-corrected chi connectivity index (χ3v) is 10.9. The van der Waals surface area contributed by atoms with E-state index in [0.717, 1.165) is 62.4 Å². The number of hydrogen-bond acceptors (Lipinski definition) is 2. The summed E-state index contributed by atoms with van der Waals surface area (Å²) in [6.07, 6.45) is 21.0. The molecular weight excluding hydrogens is 478 g/mol. The van der Waals surface area contributed by atoms with Crippen molar-refractivity contribution >= 4 is 0 Å². The molecular formula is C34H50F2O2. The van der Waals surface area contributed by atoms with E-state index in [1.54, 1.807) is 12.1 Å². The minimum absolute atomic E-state index is 0.0415. The van der Waals surface area contributed by atoms with Crippen molar-refractivity contribution in [3.63, 3.8) is 0 Å². The van der Waals surface area contributed by atoms with Gasteiger partial charge in [-0.2, -0.15) is 4.39 Å². The molecule has 4 fully saturated rings. The average Bonchev–Trinajstić information content (AvgIpc) is 2.98. The highest BCUT2D eigenvalue weighted by molar-refractivity contribution is 5.33. The summed E-state index contributed by atoms with van der Waals surface area (Å²) in [5.41, 5.74) is 0.536. The number of rotatable bonds is 8. The first kappa shape index (κ1) is 28.1. The van der Waals surface area contributed by atoms with Crippen LogP contribution < -0.4 is 4.74 Å². The SMILES string of the molecule is C=CC1CCC(C2CCC(C3CCC(C4CCC(c5ccc(OCCC)c(F)c5F)CC4)CO3)CC2)CC1. The van der Waals surface area contributed by atoms with Crippen LogP contribution in [0.5, 0.6) is 5.75 Å². The molecule has 0 radical (unpaired) electrons. The number of allylic oxidation sites excluding steroid dienone is 1. The molecule has 1 aromatic rings. The van der Waals surface area contributed by atoms with Crippen LogP contribution in [-0.2, 0) is 4.74 Å². The summed E-state index contributed by atoms with van der Waals surface area (Å²) < 4.78 is 41.3. The molecule has 1 heterocycles. The summed E-state index contributed by atoms with van der Waals surface area (Å²) in [6.45, 7) is 7.27. The van der Waals surface area contributed by atoms with Crippen LogP contribution in [0.25, 0.3) is 0 Å². The highest BCUT2D eigenvalue weighted by Gasteiger charge is 2.37. The van der Waals surface area contributed by atoms with Crippen LogP contribution in [0.3, 0.4) is 0 Å². The van der Waals surface area contributed by atoms with Gasteiger partial charge in [0, 0.05) is 0 Å². The van der Waals surface area contributed by atoms with Crippen LogP contribution in [0.15, 0.2) is 24.8 Å². The fourth-order valence-electron chi connectivity index (χ4n) is 8.46. The van der Waals surface area contributed by atoms with Crippen LogP contribution in [-0.4, -0.2) is 19.3 Å². The van der Waals surface area contributed by atoms with Gasteiger partial charge in [-0.3, -0.25) is 0 Å². The lowest BCUT2D eigenvalue weighted by Gasteiger charge is -2.43. The van der Waals surface area contributed by atoms with Crippen molar-refractivity contribution in [3.8, 4) is 5.75 Å². The highest BCUT2D eigenvalue weighted by Crippen LogP contribution is 2.46. The van der Waals surface area contributed by atoms with E-state index in [4.69, 9.17) is 9.47 Å². The maximum absolute atomic E-state index is 14.8. The molecule has 1 aromatic carbocycles. The van der Waals surface area contributed by atoms with Gasteiger partial charge in [-0.1, -0.05) is 19.1 Å². The van der Waals surface area contributed by atoms with Gasteiger partial charge >= 0.3 is 0 Å². The molecule has 2 atom stereocenters. The van der Waals surface area contributed by atoms with Gasteiger partial charge in [0.05, 0.1) is 19.3 Å². The molecule has 2 nitrogen and oxygen atoms in total. The summed E-state index contributed by atoms with van der Waals surface area (Å²) >= 11 is 0. The minimum atomic E-state index is -0.820. The van der Waals surface area contributed by atoms with Crippen molar-refractivity contribution in [2.75, 3.05) is 13.2 Å². The van der Waals surface area contributed by atoms with E-state index in [2.05, 4.69) is 12.7 Å². The van der Waals surface area contributed by atoms with Crippen LogP contribution in [0.1, 0.15) is 115 Å². The maximum Gasteiger partial charge on any atom is 0.200 e. The lowest BCUT2D eigenvalue weighted by molar-refractivity contribution is -0.0749. The minimum Gasteiger partial charge on any atom is -0.490 e. The Labute approximate surface area is 229 Å². The molecule has 0 aromatic heterocycles. The standard InChI is InChI=1S/C34H50F2O2/c1-3-21-37-32-20-18-30(33(35)34(32)36)27-13-9-26(10-14-27)29-17-19-31(38-22-29)28-15-11-25(12-16-28)24-7-5-23(4-2)6-8-24/h4,18,20,23-29,31H,2-3,5-17,19,21-22H2,1H3. The second-order valence-corrected chi connectivity index (χ2v) is 13.0. The molecule has 2 unspecified atom stereocenters. The second kappa shape index (κ2) is 13.3. The summed E-state index contributed by atoms with van der Waals surface area (Å²) in [6, 6.07) is 3.37. The Bertz CT molecular complexity index is 884.